The maximum Gasteiger partial charge on any atom is 0.421 e. The third kappa shape index (κ3) is 7.19. The fourth-order valence-electron chi connectivity index (χ4n) is 7.81. The fourth-order valence-corrected chi connectivity index (χ4v) is 12.0. The summed E-state index contributed by atoms with van der Waals surface area (Å²) in [4.78, 5) is 0. The SMILES string of the molecule is C=Cc1ccc2c(c1)Cc1cccn1P(Oc1ccc(OP3Oc4ccc(C=C)cc4Cc4cccn43)c(-c3ccccc3OP3Oc4ccccc4Cc4cccn43)c1)O2. The Kier molecular flexibility index (Phi) is 9.74. The molecule has 3 aliphatic rings. The number of rotatable bonds is 9. The second kappa shape index (κ2) is 15.8. The summed E-state index contributed by atoms with van der Waals surface area (Å²) in [6, 6.07) is 46.7. The molecule has 0 amide bonds. The molecule has 0 spiro atoms. The smallest absolute Gasteiger partial charge is 0.421 e. The Bertz CT molecular complexity index is 2970. The van der Waals surface area contributed by atoms with Gasteiger partial charge in [0.05, 0.1) is 0 Å². The van der Waals surface area contributed by atoms with Crippen molar-refractivity contribution in [1.82, 2.24) is 13.0 Å². The number of para-hydroxylation sites is 2. The van der Waals surface area contributed by atoms with Gasteiger partial charge in [0.15, 0.2) is 0 Å². The minimum atomic E-state index is -1.69. The van der Waals surface area contributed by atoms with E-state index in [1.165, 1.54) is 0 Å². The van der Waals surface area contributed by atoms with Crippen LogP contribution in [-0.4, -0.2) is 13.0 Å². The number of benzene rings is 5. The van der Waals surface area contributed by atoms with Crippen LogP contribution in [0.5, 0.6) is 34.5 Å². The van der Waals surface area contributed by atoms with Crippen LogP contribution >= 0.6 is 25.6 Å². The number of fused-ring (bicyclic) bond motifs is 6. The van der Waals surface area contributed by atoms with Crippen molar-refractivity contribution in [3.05, 3.63) is 216 Å². The Balaban J connectivity index is 1.000. The first-order valence-corrected chi connectivity index (χ1v) is 23.3. The standard InChI is InChI=1S/C49H38N3O6P3/c1-3-34-19-22-46-37(28-34)31-40-14-10-25-50(40)59(55-46)53-42-21-24-49(58-61-52-27-11-15-41(52)32-38-29-35(4-2)20-23-47(38)56-61)44(33-42)43-16-6-8-18-48(43)57-60-51-26-9-13-39(51)30-36-12-5-7-17-45(36)54-60/h3-29,33H,1-2,30-32H2. The van der Waals surface area contributed by atoms with Gasteiger partial charge in [-0.25, -0.2) is 0 Å². The van der Waals surface area contributed by atoms with Gasteiger partial charge in [-0.2, -0.15) is 0 Å². The summed E-state index contributed by atoms with van der Waals surface area (Å²) in [7, 11) is -4.95. The molecule has 8 aromatic rings. The lowest BCUT2D eigenvalue weighted by Crippen LogP contribution is -2.07. The highest BCUT2D eigenvalue weighted by molar-refractivity contribution is 7.47. The third-order valence-electron chi connectivity index (χ3n) is 10.9. The molecular weight excluding hydrogens is 819 g/mol. The predicted octanol–water partition coefficient (Wildman–Crippen LogP) is 13.5. The van der Waals surface area contributed by atoms with Crippen LogP contribution in [0, 0.1) is 0 Å². The molecule has 0 bridgehead atoms. The average Bonchev–Trinajstić information content (AvgIpc) is 4.02. The molecule has 0 N–H and O–H groups in total. The van der Waals surface area contributed by atoms with Gasteiger partial charge in [0.2, 0.25) is 0 Å². The van der Waals surface area contributed by atoms with E-state index in [0.717, 1.165) is 79.7 Å². The minimum Gasteiger partial charge on any atom is -0.423 e. The monoisotopic (exact) mass is 857 g/mol. The van der Waals surface area contributed by atoms with E-state index in [1.807, 2.05) is 134 Å². The summed E-state index contributed by atoms with van der Waals surface area (Å²) in [5, 5.41) is 0. The topological polar surface area (TPSA) is 70.2 Å². The van der Waals surface area contributed by atoms with Crippen molar-refractivity contribution in [2.75, 3.05) is 0 Å². The third-order valence-corrected chi connectivity index (χ3v) is 15.2. The second-order valence-corrected chi connectivity index (χ2v) is 18.5. The number of hydrogen-bond donors (Lipinski definition) is 0. The highest BCUT2D eigenvalue weighted by Gasteiger charge is 2.32. The normalized spacial score (nSPS) is 17.0. The van der Waals surface area contributed by atoms with Crippen molar-refractivity contribution in [2.45, 2.75) is 19.3 Å². The lowest BCUT2D eigenvalue weighted by Gasteiger charge is -2.24. The Hall–Kier alpha value is -6.49. The van der Waals surface area contributed by atoms with Crippen molar-refractivity contribution in [1.29, 1.82) is 0 Å². The van der Waals surface area contributed by atoms with Gasteiger partial charge in [0.1, 0.15) is 34.5 Å². The predicted molar refractivity (Wildman–Crippen MR) is 244 cm³/mol. The van der Waals surface area contributed by atoms with Crippen molar-refractivity contribution in [3.8, 4) is 45.6 Å². The molecule has 3 aliphatic heterocycles. The van der Waals surface area contributed by atoms with E-state index in [1.54, 1.807) is 0 Å². The van der Waals surface area contributed by atoms with Crippen LogP contribution in [0.15, 0.2) is 171 Å². The minimum absolute atomic E-state index is 0.598. The van der Waals surface area contributed by atoms with Crippen LogP contribution in [0.1, 0.15) is 44.9 Å². The lowest BCUT2D eigenvalue weighted by molar-refractivity contribution is 0.471. The summed E-state index contributed by atoms with van der Waals surface area (Å²) in [5.74, 6) is 4.20. The largest absolute Gasteiger partial charge is 0.423 e. The summed E-state index contributed by atoms with van der Waals surface area (Å²) in [5.41, 5.74) is 10.2. The Morgan fingerprint density at radius 2 is 0.934 bits per heavy atom. The molecular formula is C49H38N3O6P3. The van der Waals surface area contributed by atoms with Crippen LogP contribution in [0.3, 0.4) is 0 Å². The van der Waals surface area contributed by atoms with Crippen LogP contribution < -0.4 is 27.1 Å². The first-order valence-electron chi connectivity index (χ1n) is 19.9. The first-order chi connectivity index (χ1) is 30.1. The Labute approximate surface area is 357 Å². The average molecular weight is 858 g/mol. The quantitative estimate of drug-likeness (QED) is 0.135. The van der Waals surface area contributed by atoms with Crippen LogP contribution in [0.2, 0.25) is 0 Å². The Morgan fingerprint density at radius 1 is 0.443 bits per heavy atom. The molecule has 3 aromatic heterocycles. The van der Waals surface area contributed by atoms with Gasteiger partial charge in [-0.15, -0.1) is 0 Å². The summed E-state index contributed by atoms with van der Waals surface area (Å²) >= 11 is 0. The molecule has 0 fully saturated rings. The van der Waals surface area contributed by atoms with Gasteiger partial charge in [0, 0.05) is 82.8 Å². The summed E-state index contributed by atoms with van der Waals surface area (Å²) < 4.78 is 47.4. The highest BCUT2D eigenvalue weighted by Crippen LogP contribution is 2.54. The van der Waals surface area contributed by atoms with Gasteiger partial charge < -0.3 is 27.1 Å². The van der Waals surface area contributed by atoms with Gasteiger partial charge in [0.25, 0.3) is 0 Å². The molecule has 300 valence electrons. The van der Waals surface area contributed by atoms with Crippen LogP contribution in [-0.2, 0) is 19.3 Å². The number of aromatic nitrogens is 3. The molecule has 11 rings (SSSR count). The number of hydrogen-bond acceptors (Lipinski definition) is 6. The highest BCUT2D eigenvalue weighted by atomic mass is 31.2. The molecule has 0 saturated carbocycles. The molecule has 3 atom stereocenters. The molecule has 9 nitrogen and oxygen atoms in total. The maximum atomic E-state index is 7.06. The first kappa shape index (κ1) is 37.5. The molecule has 61 heavy (non-hydrogen) atoms. The van der Waals surface area contributed by atoms with Gasteiger partial charge in [-0.05, 0) is 102 Å². The maximum absolute atomic E-state index is 7.06. The van der Waals surface area contributed by atoms with Gasteiger partial charge >= 0.3 is 25.6 Å². The second-order valence-electron chi connectivity index (χ2n) is 14.7. The molecule has 3 unspecified atom stereocenters. The summed E-state index contributed by atoms with van der Waals surface area (Å²) in [6.07, 6.45) is 11.9. The molecule has 6 heterocycles. The van der Waals surface area contributed by atoms with E-state index in [9.17, 15) is 0 Å². The van der Waals surface area contributed by atoms with E-state index < -0.39 is 25.6 Å². The number of nitrogens with zero attached hydrogens (tertiary/aromatic N) is 3. The lowest BCUT2D eigenvalue weighted by atomic mass is 10.0. The molecule has 0 aliphatic carbocycles. The van der Waals surface area contributed by atoms with E-state index in [0.29, 0.717) is 30.1 Å². The van der Waals surface area contributed by atoms with Crippen LogP contribution in [0.4, 0.5) is 0 Å². The fraction of sp³-hybridized carbons (Fsp3) is 0.0612. The van der Waals surface area contributed by atoms with Gasteiger partial charge in [-0.1, -0.05) is 73.8 Å². The van der Waals surface area contributed by atoms with Crippen molar-refractivity contribution in [3.63, 3.8) is 0 Å². The van der Waals surface area contributed by atoms with E-state index >= 15 is 0 Å². The molecule has 12 heteroatoms. The van der Waals surface area contributed by atoms with Crippen molar-refractivity contribution in [2.24, 2.45) is 0 Å². The van der Waals surface area contributed by atoms with Crippen molar-refractivity contribution < 1.29 is 27.1 Å². The zero-order chi connectivity index (χ0) is 40.9. The van der Waals surface area contributed by atoms with E-state index in [4.69, 9.17) is 27.1 Å². The zero-order valence-electron chi connectivity index (χ0n) is 32.8. The molecule has 0 radical (unpaired) electrons. The molecule has 0 saturated heterocycles. The Morgan fingerprint density at radius 3 is 1.52 bits per heavy atom. The zero-order valence-corrected chi connectivity index (χ0v) is 35.5. The summed E-state index contributed by atoms with van der Waals surface area (Å²) in [6.45, 7) is 7.95. The molecule has 5 aromatic carbocycles. The van der Waals surface area contributed by atoms with E-state index in [2.05, 4.69) is 62.6 Å². The van der Waals surface area contributed by atoms with E-state index in [-0.39, 0.29) is 0 Å². The van der Waals surface area contributed by atoms with Crippen LogP contribution in [0.25, 0.3) is 23.3 Å². The van der Waals surface area contributed by atoms with Crippen molar-refractivity contribution >= 4 is 37.7 Å². The van der Waals surface area contributed by atoms with Gasteiger partial charge in [-0.3, -0.25) is 13.0 Å².